The third-order valence-corrected chi connectivity index (χ3v) is 5.81. The number of methoxy groups -OCH3 is 1. The largest absolute Gasteiger partial charge is 0.507 e. The Kier molecular flexibility index (Phi) is 5.90. The minimum absolute atomic E-state index is 0.0860. The maximum Gasteiger partial charge on any atom is 0.340 e. The number of benzene rings is 1. The molecule has 0 bridgehead atoms. The van der Waals surface area contributed by atoms with E-state index in [1.165, 1.54) is 7.11 Å². The fraction of sp³-hybridized carbons (Fsp3) is 0.348. The molecule has 0 radical (unpaired) electrons. The van der Waals surface area contributed by atoms with Crippen LogP contribution in [0.5, 0.6) is 5.75 Å². The molecule has 1 N–H and O–H groups in total. The normalized spacial score (nSPS) is 14.7. The van der Waals surface area contributed by atoms with Gasteiger partial charge in [-0.2, -0.15) is 0 Å². The van der Waals surface area contributed by atoms with Crippen LogP contribution in [0.4, 0.5) is 5.82 Å². The van der Waals surface area contributed by atoms with Gasteiger partial charge in [0.15, 0.2) is 0 Å². The molecule has 0 unspecified atom stereocenters. The zero-order valence-corrected chi connectivity index (χ0v) is 17.6. The Labute approximate surface area is 179 Å². The smallest absolute Gasteiger partial charge is 0.340 e. The molecule has 162 valence electrons. The summed E-state index contributed by atoms with van der Waals surface area (Å²) in [4.78, 5) is 33.1. The Morgan fingerprint density at radius 1 is 1.16 bits per heavy atom. The van der Waals surface area contributed by atoms with Crippen LogP contribution in [-0.4, -0.2) is 54.2 Å². The molecule has 3 aromatic rings. The van der Waals surface area contributed by atoms with Gasteiger partial charge in [0.05, 0.1) is 24.7 Å². The number of phenols is 1. The number of aromatic hydroxyl groups is 1. The number of phenolic OH excluding ortho intramolecular Hbond substituents is 1. The number of nitrogens with zero attached hydrogens (tertiary/aromatic N) is 3. The first kappa shape index (κ1) is 20.9. The highest BCUT2D eigenvalue weighted by molar-refractivity contribution is 5.87. The summed E-state index contributed by atoms with van der Waals surface area (Å²) in [5, 5.41) is 11.2. The number of hydrogen-bond donors (Lipinski definition) is 1. The van der Waals surface area contributed by atoms with Crippen LogP contribution in [0.2, 0.25) is 0 Å². The predicted octanol–water partition coefficient (Wildman–Crippen LogP) is 2.24. The molecular formula is C23H25N3O5. The molecular weight excluding hydrogens is 398 g/mol. The monoisotopic (exact) mass is 423 g/mol. The fourth-order valence-corrected chi connectivity index (χ4v) is 3.97. The van der Waals surface area contributed by atoms with E-state index in [0.717, 1.165) is 32.0 Å². The topological polar surface area (TPSA) is 96.1 Å². The van der Waals surface area contributed by atoms with Gasteiger partial charge >= 0.3 is 11.6 Å². The Bertz CT molecular complexity index is 1150. The van der Waals surface area contributed by atoms with Gasteiger partial charge < -0.3 is 19.2 Å². The third-order valence-electron chi connectivity index (χ3n) is 5.81. The summed E-state index contributed by atoms with van der Waals surface area (Å²) in [6.45, 7) is 5.44. The Hall–Kier alpha value is -3.39. The zero-order chi connectivity index (χ0) is 22.0. The van der Waals surface area contributed by atoms with Crippen molar-refractivity contribution in [1.29, 1.82) is 0 Å². The second kappa shape index (κ2) is 8.77. The summed E-state index contributed by atoms with van der Waals surface area (Å²) >= 11 is 0. The molecule has 0 aliphatic carbocycles. The highest BCUT2D eigenvalue weighted by atomic mass is 16.5. The first-order valence-corrected chi connectivity index (χ1v) is 10.2. The second-order valence-electron chi connectivity index (χ2n) is 7.64. The molecule has 3 heterocycles. The number of hydrogen-bond acceptors (Lipinski definition) is 8. The van der Waals surface area contributed by atoms with Crippen molar-refractivity contribution in [2.75, 3.05) is 38.2 Å². The average molecular weight is 423 g/mol. The zero-order valence-electron chi connectivity index (χ0n) is 17.6. The molecule has 8 heteroatoms. The maximum absolute atomic E-state index is 12.6. The number of aromatic nitrogens is 1. The molecule has 8 nitrogen and oxygen atoms in total. The number of rotatable bonds is 5. The highest BCUT2D eigenvalue weighted by Crippen LogP contribution is 2.31. The number of carbonyl (C=O) groups is 1. The van der Waals surface area contributed by atoms with E-state index in [-0.39, 0.29) is 17.7 Å². The maximum atomic E-state index is 12.6. The standard InChI is InChI=1S/C23H25N3O5/c1-15-16-6-7-19(27)18(22(16)31-23(29)17(15)13-21(28)30-2)14-25-9-11-26(12-10-25)20-5-3-4-8-24-20/h3-8,27H,9-14H2,1-2H3. The van der Waals surface area contributed by atoms with Crippen molar-refractivity contribution in [3.05, 3.63) is 63.6 Å². The first-order valence-electron chi connectivity index (χ1n) is 10.2. The summed E-state index contributed by atoms with van der Waals surface area (Å²) in [6.07, 6.45) is 1.64. The number of piperazine rings is 1. The lowest BCUT2D eigenvalue weighted by molar-refractivity contribution is -0.139. The van der Waals surface area contributed by atoms with Crippen molar-refractivity contribution < 1.29 is 19.1 Å². The van der Waals surface area contributed by atoms with Crippen LogP contribution in [-0.2, 0) is 22.5 Å². The van der Waals surface area contributed by atoms with Crippen molar-refractivity contribution in [2.24, 2.45) is 0 Å². The van der Waals surface area contributed by atoms with Crippen molar-refractivity contribution in [1.82, 2.24) is 9.88 Å². The van der Waals surface area contributed by atoms with Crippen molar-refractivity contribution in [3.63, 3.8) is 0 Å². The van der Waals surface area contributed by atoms with Gasteiger partial charge in [0, 0.05) is 44.3 Å². The third kappa shape index (κ3) is 4.25. The van der Waals surface area contributed by atoms with Gasteiger partial charge in [-0.1, -0.05) is 6.07 Å². The van der Waals surface area contributed by atoms with Crippen LogP contribution in [0.15, 0.2) is 45.7 Å². The quantitative estimate of drug-likeness (QED) is 0.493. The number of anilines is 1. The molecule has 0 saturated carbocycles. The van der Waals surface area contributed by atoms with Crippen LogP contribution in [0.1, 0.15) is 16.7 Å². The summed E-state index contributed by atoms with van der Waals surface area (Å²) in [7, 11) is 1.28. The van der Waals surface area contributed by atoms with Gasteiger partial charge in [0.1, 0.15) is 17.2 Å². The Balaban J connectivity index is 1.59. The summed E-state index contributed by atoms with van der Waals surface area (Å²) < 4.78 is 10.3. The summed E-state index contributed by atoms with van der Waals surface area (Å²) in [6, 6.07) is 9.19. The van der Waals surface area contributed by atoms with Crippen molar-refractivity contribution in [3.8, 4) is 5.75 Å². The minimum atomic E-state index is -0.581. The van der Waals surface area contributed by atoms with E-state index in [9.17, 15) is 14.7 Å². The molecule has 31 heavy (non-hydrogen) atoms. The van der Waals surface area contributed by atoms with Crippen molar-refractivity contribution >= 4 is 22.8 Å². The van der Waals surface area contributed by atoms with E-state index in [4.69, 9.17) is 4.42 Å². The minimum Gasteiger partial charge on any atom is -0.507 e. The van der Waals surface area contributed by atoms with Crippen LogP contribution >= 0.6 is 0 Å². The average Bonchev–Trinajstić information content (AvgIpc) is 2.79. The lowest BCUT2D eigenvalue weighted by Crippen LogP contribution is -2.46. The number of aryl methyl sites for hydroxylation is 1. The van der Waals surface area contributed by atoms with Crippen LogP contribution < -0.4 is 10.5 Å². The van der Waals surface area contributed by atoms with Gasteiger partial charge in [-0.3, -0.25) is 9.69 Å². The summed E-state index contributed by atoms with van der Waals surface area (Å²) in [5.41, 5.74) is 1.30. The molecule has 1 aliphatic rings. The van der Waals surface area contributed by atoms with Gasteiger partial charge in [-0.25, -0.2) is 9.78 Å². The molecule has 1 aromatic carbocycles. The van der Waals surface area contributed by atoms with Gasteiger partial charge in [0.25, 0.3) is 0 Å². The Morgan fingerprint density at radius 3 is 2.61 bits per heavy atom. The lowest BCUT2D eigenvalue weighted by Gasteiger charge is -2.35. The first-order chi connectivity index (χ1) is 15.0. The highest BCUT2D eigenvalue weighted by Gasteiger charge is 2.23. The number of pyridine rings is 1. The molecule has 0 spiro atoms. The van der Waals surface area contributed by atoms with E-state index < -0.39 is 11.6 Å². The number of esters is 1. The molecule has 4 rings (SSSR count). The molecule has 1 aliphatic heterocycles. The van der Waals surface area contributed by atoms with Gasteiger partial charge in [0.2, 0.25) is 0 Å². The van der Waals surface area contributed by atoms with Crippen LogP contribution in [0, 0.1) is 6.92 Å². The number of ether oxygens (including phenoxy) is 1. The van der Waals surface area contributed by atoms with Crippen molar-refractivity contribution in [2.45, 2.75) is 19.9 Å². The van der Waals surface area contributed by atoms with Gasteiger partial charge in [-0.05, 0) is 36.8 Å². The number of fused-ring (bicyclic) bond motifs is 1. The van der Waals surface area contributed by atoms with E-state index in [1.54, 1.807) is 25.3 Å². The second-order valence-corrected chi connectivity index (χ2v) is 7.64. The van der Waals surface area contributed by atoms with E-state index in [2.05, 4.69) is 19.5 Å². The van der Waals surface area contributed by atoms with E-state index >= 15 is 0 Å². The fourth-order valence-electron chi connectivity index (χ4n) is 3.97. The molecule has 1 saturated heterocycles. The Morgan fingerprint density at radius 2 is 1.94 bits per heavy atom. The van der Waals surface area contributed by atoms with E-state index in [0.29, 0.717) is 28.6 Å². The predicted molar refractivity (Wildman–Crippen MR) is 116 cm³/mol. The van der Waals surface area contributed by atoms with Gasteiger partial charge in [-0.15, -0.1) is 0 Å². The molecule has 0 atom stereocenters. The number of carbonyl (C=O) groups excluding carboxylic acids is 1. The molecule has 1 fully saturated rings. The lowest BCUT2D eigenvalue weighted by atomic mass is 10.0. The van der Waals surface area contributed by atoms with Crippen LogP contribution in [0.25, 0.3) is 11.0 Å². The SMILES string of the molecule is COC(=O)Cc1c(C)c2ccc(O)c(CN3CCN(c4ccccn4)CC3)c2oc1=O. The van der Waals surface area contributed by atoms with Crippen LogP contribution in [0.3, 0.4) is 0 Å². The van der Waals surface area contributed by atoms with E-state index in [1.807, 2.05) is 18.2 Å². The summed E-state index contributed by atoms with van der Waals surface area (Å²) in [5.74, 6) is 0.539. The molecule has 2 aromatic heterocycles. The molecule has 0 amide bonds.